The number of hydrogen-bond acceptors (Lipinski definition) is 1. The van der Waals surface area contributed by atoms with Crippen molar-refractivity contribution < 1.29 is 4.39 Å². The fraction of sp³-hybridized carbons (Fsp3) is 0.286. The number of halogens is 2. The smallest absolute Gasteiger partial charge is 0.126 e. The summed E-state index contributed by atoms with van der Waals surface area (Å²) in [6, 6.07) is 5.13. The maximum absolute atomic E-state index is 13.6. The van der Waals surface area contributed by atoms with E-state index in [0.717, 1.165) is 23.5 Å². The van der Waals surface area contributed by atoms with Crippen LogP contribution in [0.2, 0.25) is 5.02 Å². The summed E-state index contributed by atoms with van der Waals surface area (Å²) in [4.78, 5) is 3.24. The van der Waals surface area contributed by atoms with Crippen molar-refractivity contribution in [1.29, 1.82) is 0 Å². The minimum atomic E-state index is -0.239. The van der Waals surface area contributed by atoms with Crippen molar-refractivity contribution in [2.45, 2.75) is 20.4 Å². The van der Waals surface area contributed by atoms with E-state index < -0.39 is 0 Å². The van der Waals surface area contributed by atoms with E-state index in [1.165, 1.54) is 6.07 Å². The fourth-order valence-electron chi connectivity index (χ4n) is 1.97. The molecule has 0 saturated heterocycles. The number of hydrogen-bond donors (Lipinski definition) is 2. The average Bonchev–Trinajstić information content (AvgIpc) is 2.66. The van der Waals surface area contributed by atoms with Crippen LogP contribution in [0, 0.1) is 19.7 Å². The van der Waals surface area contributed by atoms with Crippen molar-refractivity contribution >= 4 is 11.6 Å². The SMILES string of the molecule is CNCc1cc(-c2cc(F)c(C)cc2Cl)[nH]c1C. The molecule has 2 N–H and O–H groups in total. The van der Waals surface area contributed by atoms with Crippen LogP contribution in [0.1, 0.15) is 16.8 Å². The predicted molar refractivity (Wildman–Crippen MR) is 73.4 cm³/mol. The van der Waals surface area contributed by atoms with Gasteiger partial charge in [-0.3, -0.25) is 0 Å². The third-order valence-corrected chi connectivity index (χ3v) is 3.34. The highest BCUT2D eigenvalue weighted by molar-refractivity contribution is 6.33. The van der Waals surface area contributed by atoms with Crippen LogP contribution in [-0.4, -0.2) is 12.0 Å². The lowest BCUT2D eigenvalue weighted by molar-refractivity contribution is 0.619. The highest BCUT2D eigenvalue weighted by atomic mass is 35.5. The molecule has 0 aliphatic rings. The van der Waals surface area contributed by atoms with Crippen LogP contribution in [0.5, 0.6) is 0 Å². The molecule has 0 amide bonds. The summed E-state index contributed by atoms with van der Waals surface area (Å²) in [6.07, 6.45) is 0. The van der Waals surface area contributed by atoms with Gasteiger partial charge in [0, 0.05) is 23.5 Å². The van der Waals surface area contributed by atoms with Crippen molar-refractivity contribution in [3.05, 3.63) is 45.9 Å². The minimum Gasteiger partial charge on any atom is -0.358 e. The lowest BCUT2D eigenvalue weighted by atomic mass is 10.1. The molecule has 0 spiro atoms. The number of aromatic amines is 1. The summed E-state index contributed by atoms with van der Waals surface area (Å²) in [5.74, 6) is -0.239. The molecule has 1 heterocycles. The molecular weight excluding hydrogens is 251 g/mol. The first-order chi connectivity index (χ1) is 8.52. The zero-order chi connectivity index (χ0) is 13.3. The van der Waals surface area contributed by atoms with Gasteiger partial charge in [0.2, 0.25) is 0 Å². The van der Waals surface area contributed by atoms with Gasteiger partial charge in [-0.1, -0.05) is 11.6 Å². The van der Waals surface area contributed by atoms with Gasteiger partial charge in [-0.05, 0) is 50.2 Å². The molecule has 0 aliphatic carbocycles. The highest BCUT2D eigenvalue weighted by Gasteiger charge is 2.11. The molecule has 0 fully saturated rings. The van der Waals surface area contributed by atoms with E-state index in [9.17, 15) is 4.39 Å². The molecule has 0 bridgehead atoms. The van der Waals surface area contributed by atoms with Gasteiger partial charge in [-0.2, -0.15) is 0 Å². The molecule has 96 valence electrons. The third-order valence-electron chi connectivity index (χ3n) is 3.03. The molecule has 0 radical (unpaired) electrons. The van der Waals surface area contributed by atoms with Gasteiger partial charge in [0.25, 0.3) is 0 Å². The molecule has 4 heteroatoms. The predicted octanol–water partition coefficient (Wildman–Crippen LogP) is 3.81. The molecule has 1 aromatic heterocycles. The quantitative estimate of drug-likeness (QED) is 0.869. The van der Waals surface area contributed by atoms with Crippen LogP contribution in [0.25, 0.3) is 11.3 Å². The topological polar surface area (TPSA) is 27.8 Å². The Labute approximate surface area is 111 Å². The van der Waals surface area contributed by atoms with Crippen molar-refractivity contribution in [3.63, 3.8) is 0 Å². The lowest BCUT2D eigenvalue weighted by Crippen LogP contribution is -2.04. The number of aromatic nitrogens is 1. The van der Waals surface area contributed by atoms with E-state index >= 15 is 0 Å². The second kappa shape index (κ2) is 5.12. The highest BCUT2D eigenvalue weighted by Crippen LogP contribution is 2.30. The van der Waals surface area contributed by atoms with Crippen LogP contribution in [0.4, 0.5) is 4.39 Å². The van der Waals surface area contributed by atoms with E-state index in [1.807, 2.05) is 20.0 Å². The molecule has 2 nitrogen and oxygen atoms in total. The van der Waals surface area contributed by atoms with Gasteiger partial charge in [-0.15, -0.1) is 0 Å². The second-order valence-electron chi connectivity index (χ2n) is 4.44. The van der Waals surface area contributed by atoms with Crippen LogP contribution < -0.4 is 5.32 Å². The Morgan fingerprint density at radius 2 is 2.00 bits per heavy atom. The van der Waals surface area contributed by atoms with E-state index in [-0.39, 0.29) is 5.82 Å². The van der Waals surface area contributed by atoms with Gasteiger partial charge in [0.15, 0.2) is 0 Å². The van der Waals surface area contributed by atoms with E-state index in [1.54, 1.807) is 13.0 Å². The van der Waals surface area contributed by atoms with Crippen molar-refractivity contribution in [3.8, 4) is 11.3 Å². The molecular formula is C14H16ClFN2. The summed E-state index contributed by atoms with van der Waals surface area (Å²) < 4.78 is 13.6. The summed E-state index contributed by atoms with van der Waals surface area (Å²) in [6.45, 7) is 4.47. The number of H-pyrrole nitrogens is 1. The van der Waals surface area contributed by atoms with E-state index in [0.29, 0.717) is 16.1 Å². The van der Waals surface area contributed by atoms with Crippen LogP contribution in [-0.2, 0) is 6.54 Å². The first-order valence-corrected chi connectivity index (χ1v) is 6.20. The monoisotopic (exact) mass is 266 g/mol. The van der Waals surface area contributed by atoms with Gasteiger partial charge < -0.3 is 10.3 Å². The van der Waals surface area contributed by atoms with Gasteiger partial charge in [-0.25, -0.2) is 4.39 Å². The summed E-state index contributed by atoms with van der Waals surface area (Å²) in [7, 11) is 1.89. The van der Waals surface area contributed by atoms with Crippen molar-refractivity contribution in [2.24, 2.45) is 0 Å². The molecule has 0 unspecified atom stereocenters. The molecule has 2 rings (SSSR count). The number of nitrogens with one attached hydrogen (secondary N) is 2. The first kappa shape index (κ1) is 13.1. The normalized spacial score (nSPS) is 10.9. The fourth-order valence-corrected chi connectivity index (χ4v) is 2.29. The Kier molecular flexibility index (Phi) is 3.73. The standard InChI is InChI=1S/C14H16ClFN2/c1-8-4-12(15)11(6-13(8)16)14-5-10(7-17-3)9(2)18-14/h4-6,17-18H,7H2,1-3H3. The zero-order valence-corrected chi connectivity index (χ0v) is 11.5. The van der Waals surface area contributed by atoms with E-state index in [2.05, 4.69) is 10.3 Å². The summed E-state index contributed by atoms with van der Waals surface area (Å²) in [5, 5.41) is 3.66. The molecule has 2 aromatic rings. The largest absolute Gasteiger partial charge is 0.358 e. The molecule has 1 aromatic carbocycles. The Morgan fingerprint density at radius 3 is 2.67 bits per heavy atom. The maximum Gasteiger partial charge on any atom is 0.126 e. The Morgan fingerprint density at radius 1 is 1.28 bits per heavy atom. The third kappa shape index (κ3) is 2.42. The zero-order valence-electron chi connectivity index (χ0n) is 10.7. The number of aryl methyl sites for hydroxylation is 2. The first-order valence-electron chi connectivity index (χ1n) is 5.82. The van der Waals surface area contributed by atoms with Crippen molar-refractivity contribution in [2.75, 3.05) is 7.05 Å². The molecule has 0 saturated carbocycles. The summed E-state index contributed by atoms with van der Waals surface area (Å²) >= 11 is 6.17. The van der Waals surface area contributed by atoms with Gasteiger partial charge >= 0.3 is 0 Å². The Balaban J connectivity index is 2.48. The Bertz CT molecular complexity index is 575. The van der Waals surface area contributed by atoms with Crippen LogP contribution in [0.15, 0.2) is 18.2 Å². The molecule has 0 aliphatic heterocycles. The van der Waals surface area contributed by atoms with E-state index in [4.69, 9.17) is 11.6 Å². The van der Waals surface area contributed by atoms with Crippen molar-refractivity contribution in [1.82, 2.24) is 10.3 Å². The minimum absolute atomic E-state index is 0.239. The average molecular weight is 267 g/mol. The van der Waals surface area contributed by atoms with Crippen LogP contribution in [0.3, 0.4) is 0 Å². The molecule has 18 heavy (non-hydrogen) atoms. The van der Waals surface area contributed by atoms with Gasteiger partial charge in [0.05, 0.1) is 5.02 Å². The maximum atomic E-state index is 13.6. The Hall–Kier alpha value is -1.32. The second-order valence-corrected chi connectivity index (χ2v) is 4.85. The van der Waals surface area contributed by atoms with Crippen LogP contribution >= 0.6 is 11.6 Å². The molecule has 0 atom stereocenters. The summed E-state index contributed by atoms with van der Waals surface area (Å²) in [5.41, 5.74) is 4.33. The van der Waals surface area contributed by atoms with Gasteiger partial charge in [0.1, 0.15) is 5.82 Å². The number of benzene rings is 1. The lowest BCUT2D eigenvalue weighted by Gasteiger charge is -2.04. The number of rotatable bonds is 3.